The molecule has 2 fully saturated rings. The first-order valence-electron chi connectivity index (χ1n) is 7.65. The van der Waals surface area contributed by atoms with E-state index in [1.807, 2.05) is 4.90 Å². The maximum absolute atomic E-state index is 11.8. The summed E-state index contributed by atoms with van der Waals surface area (Å²) in [4.78, 5) is 25.5. The first kappa shape index (κ1) is 18.2. The minimum absolute atomic E-state index is 0. The lowest BCUT2D eigenvalue weighted by molar-refractivity contribution is -0.134. The molecule has 0 aromatic carbocycles. The topological polar surface area (TPSA) is 70.7 Å². The molecule has 2 aliphatic rings. The highest BCUT2D eigenvalue weighted by Gasteiger charge is 2.21. The normalized spacial score (nSPS) is 23.1. The largest absolute Gasteiger partial charge is 0.366 e. The van der Waals surface area contributed by atoms with Gasteiger partial charge in [0.25, 0.3) is 0 Å². The van der Waals surface area contributed by atoms with E-state index < -0.39 is 0 Å². The summed E-state index contributed by atoms with van der Waals surface area (Å²) < 4.78 is 5.38. The molecular formula is C14H26ClN3O3. The van der Waals surface area contributed by atoms with Gasteiger partial charge in [0.05, 0.1) is 6.61 Å². The van der Waals surface area contributed by atoms with Crippen LogP contribution in [-0.2, 0) is 14.3 Å². The third-order valence-electron chi connectivity index (χ3n) is 3.80. The smallest absolute Gasteiger partial charge is 0.250 e. The molecule has 0 saturated carbocycles. The molecule has 122 valence electrons. The predicted octanol–water partition coefficient (Wildman–Crippen LogP) is 0.306. The molecule has 2 N–H and O–H groups in total. The number of hydrogen-bond donors (Lipinski definition) is 2. The molecule has 0 aliphatic carbocycles. The average molecular weight is 320 g/mol. The van der Waals surface area contributed by atoms with Crippen LogP contribution in [0.3, 0.4) is 0 Å². The second-order valence-corrected chi connectivity index (χ2v) is 5.40. The number of morpholine rings is 1. The van der Waals surface area contributed by atoms with E-state index in [-0.39, 0.29) is 30.3 Å². The zero-order valence-electron chi connectivity index (χ0n) is 12.4. The van der Waals surface area contributed by atoms with Gasteiger partial charge in [-0.1, -0.05) is 6.42 Å². The second kappa shape index (κ2) is 9.97. The van der Waals surface area contributed by atoms with E-state index in [4.69, 9.17) is 4.74 Å². The van der Waals surface area contributed by atoms with Crippen LogP contribution >= 0.6 is 12.4 Å². The Bertz CT molecular complexity index is 335. The van der Waals surface area contributed by atoms with Crippen molar-refractivity contribution < 1.29 is 14.3 Å². The maximum atomic E-state index is 11.8. The molecule has 21 heavy (non-hydrogen) atoms. The van der Waals surface area contributed by atoms with Gasteiger partial charge in [-0.15, -0.1) is 12.4 Å². The number of nitrogens with zero attached hydrogens (tertiary/aromatic N) is 1. The molecule has 1 atom stereocenters. The van der Waals surface area contributed by atoms with Crippen LogP contribution in [-0.4, -0.2) is 62.1 Å². The number of ether oxygens (including phenoxy) is 1. The van der Waals surface area contributed by atoms with E-state index in [1.165, 1.54) is 0 Å². The Hall–Kier alpha value is -0.850. The van der Waals surface area contributed by atoms with Crippen molar-refractivity contribution in [2.45, 2.75) is 38.2 Å². The van der Waals surface area contributed by atoms with Crippen molar-refractivity contribution >= 4 is 24.2 Å². The molecule has 6 nitrogen and oxygen atoms in total. The summed E-state index contributed by atoms with van der Waals surface area (Å²) in [5.41, 5.74) is 0. The van der Waals surface area contributed by atoms with Gasteiger partial charge in [0.1, 0.15) is 6.10 Å². The molecule has 0 spiro atoms. The molecule has 2 amide bonds. The summed E-state index contributed by atoms with van der Waals surface area (Å²) in [5, 5.41) is 6.01. The van der Waals surface area contributed by atoms with Crippen molar-refractivity contribution in [2.24, 2.45) is 0 Å². The summed E-state index contributed by atoms with van der Waals surface area (Å²) in [7, 11) is 0. The van der Waals surface area contributed by atoms with E-state index in [0.717, 1.165) is 45.3 Å². The zero-order chi connectivity index (χ0) is 14.2. The van der Waals surface area contributed by atoms with Gasteiger partial charge in [-0.25, -0.2) is 0 Å². The number of likely N-dealkylation sites (tertiary alicyclic amines) is 1. The molecule has 2 heterocycles. The van der Waals surface area contributed by atoms with Crippen molar-refractivity contribution in [1.82, 2.24) is 15.5 Å². The minimum Gasteiger partial charge on any atom is -0.366 e. The van der Waals surface area contributed by atoms with Gasteiger partial charge in [-0.3, -0.25) is 9.59 Å². The highest BCUT2D eigenvalue weighted by molar-refractivity contribution is 5.85. The van der Waals surface area contributed by atoms with E-state index >= 15 is 0 Å². The van der Waals surface area contributed by atoms with Gasteiger partial charge in [0.15, 0.2) is 0 Å². The minimum atomic E-state index is -0.372. The van der Waals surface area contributed by atoms with E-state index in [0.29, 0.717) is 26.1 Å². The van der Waals surface area contributed by atoms with Crippen molar-refractivity contribution in [3.05, 3.63) is 0 Å². The van der Waals surface area contributed by atoms with Crippen LogP contribution in [0.25, 0.3) is 0 Å². The summed E-state index contributed by atoms with van der Waals surface area (Å²) in [6.07, 6.45) is 4.36. The van der Waals surface area contributed by atoms with Crippen LogP contribution in [0.5, 0.6) is 0 Å². The Labute approximate surface area is 132 Å². The van der Waals surface area contributed by atoms with Gasteiger partial charge < -0.3 is 20.3 Å². The Kier molecular flexibility index (Phi) is 8.64. The number of rotatable bonds is 5. The Balaban J connectivity index is 0.00000220. The first-order chi connectivity index (χ1) is 9.77. The molecule has 2 saturated heterocycles. The van der Waals surface area contributed by atoms with Gasteiger partial charge in [0.2, 0.25) is 11.8 Å². The third-order valence-corrected chi connectivity index (χ3v) is 3.80. The SMILES string of the molecule is Cl.O=C(NCCCN1CCCCCC1=O)C1CNCCO1. The Morgan fingerprint density at radius 1 is 1.38 bits per heavy atom. The molecular weight excluding hydrogens is 294 g/mol. The van der Waals surface area contributed by atoms with Crippen LogP contribution in [0.4, 0.5) is 0 Å². The molecule has 1 unspecified atom stereocenters. The lowest BCUT2D eigenvalue weighted by Crippen LogP contribution is -2.48. The van der Waals surface area contributed by atoms with Gasteiger partial charge in [0, 0.05) is 39.1 Å². The molecule has 0 aromatic rings. The van der Waals surface area contributed by atoms with Crippen molar-refractivity contribution in [2.75, 3.05) is 39.3 Å². The summed E-state index contributed by atoms with van der Waals surface area (Å²) in [6.45, 7) is 4.17. The number of amides is 2. The fourth-order valence-electron chi connectivity index (χ4n) is 2.60. The Morgan fingerprint density at radius 2 is 2.24 bits per heavy atom. The lowest BCUT2D eigenvalue weighted by atomic mass is 10.2. The number of hydrogen-bond acceptors (Lipinski definition) is 4. The quantitative estimate of drug-likeness (QED) is 0.715. The number of halogens is 1. The number of nitrogens with one attached hydrogen (secondary N) is 2. The molecule has 0 bridgehead atoms. The van der Waals surface area contributed by atoms with Crippen LogP contribution in [0.15, 0.2) is 0 Å². The predicted molar refractivity (Wildman–Crippen MR) is 82.5 cm³/mol. The number of carbonyl (C=O) groups is 2. The van der Waals surface area contributed by atoms with E-state index in [1.54, 1.807) is 0 Å². The van der Waals surface area contributed by atoms with Crippen LogP contribution < -0.4 is 10.6 Å². The highest BCUT2D eigenvalue weighted by atomic mass is 35.5. The standard InChI is InChI=1S/C14H25N3O3.ClH/c18-13-5-2-1-3-8-17(13)9-4-6-16-14(19)12-11-15-7-10-20-12;/h12,15H,1-11H2,(H,16,19);1H. The first-order valence-corrected chi connectivity index (χ1v) is 7.65. The van der Waals surface area contributed by atoms with Crippen LogP contribution in [0.1, 0.15) is 32.1 Å². The molecule has 7 heteroatoms. The maximum Gasteiger partial charge on any atom is 0.250 e. The number of carbonyl (C=O) groups excluding carboxylic acids is 2. The zero-order valence-corrected chi connectivity index (χ0v) is 13.3. The van der Waals surface area contributed by atoms with Gasteiger partial charge in [-0.05, 0) is 19.3 Å². The summed E-state index contributed by atoms with van der Waals surface area (Å²) in [5.74, 6) is 0.202. The molecule has 0 radical (unpaired) electrons. The molecule has 2 aliphatic heterocycles. The van der Waals surface area contributed by atoms with Crippen LogP contribution in [0.2, 0.25) is 0 Å². The van der Waals surface area contributed by atoms with Crippen molar-refractivity contribution in [3.8, 4) is 0 Å². The van der Waals surface area contributed by atoms with Crippen molar-refractivity contribution in [1.29, 1.82) is 0 Å². The Morgan fingerprint density at radius 3 is 3.00 bits per heavy atom. The second-order valence-electron chi connectivity index (χ2n) is 5.40. The van der Waals surface area contributed by atoms with Crippen molar-refractivity contribution in [3.63, 3.8) is 0 Å². The average Bonchev–Trinajstić information content (AvgIpc) is 2.69. The molecule has 2 rings (SSSR count). The lowest BCUT2D eigenvalue weighted by Gasteiger charge is -2.23. The van der Waals surface area contributed by atoms with Gasteiger partial charge >= 0.3 is 0 Å². The molecule has 0 aromatic heterocycles. The van der Waals surface area contributed by atoms with Gasteiger partial charge in [-0.2, -0.15) is 0 Å². The highest BCUT2D eigenvalue weighted by Crippen LogP contribution is 2.11. The van der Waals surface area contributed by atoms with E-state index in [2.05, 4.69) is 10.6 Å². The third kappa shape index (κ3) is 6.20. The fraction of sp³-hybridized carbons (Fsp3) is 0.857. The monoisotopic (exact) mass is 319 g/mol. The van der Waals surface area contributed by atoms with E-state index in [9.17, 15) is 9.59 Å². The summed E-state index contributed by atoms with van der Waals surface area (Å²) >= 11 is 0. The fourth-order valence-corrected chi connectivity index (χ4v) is 2.60. The van der Waals surface area contributed by atoms with Crippen LogP contribution in [0, 0.1) is 0 Å². The summed E-state index contributed by atoms with van der Waals surface area (Å²) in [6, 6.07) is 0.